The number of nitrogens with two attached hydrogens (primary N) is 1. The minimum atomic E-state index is 0.0301. The van der Waals surface area contributed by atoms with Crippen molar-refractivity contribution in [2.75, 3.05) is 18.0 Å². The van der Waals surface area contributed by atoms with E-state index in [9.17, 15) is 0 Å². The molecule has 1 atom stereocenters. The summed E-state index contributed by atoms with van der Waals surface area (Å²) in [4.78, 5) is 7.21. The summed E-state index contributed by atoms with van der Waals surface area (Å²) in [6.45, 7) is 4.61. The Balaban J connectivity index is 1.63. The number of hydrogen-bond acceptors (Lipinski definition) is 4. The fourth-order valence-electron chi connectivity index (χ4n) is 2.78. The van der Waals surface area contributed by atoms with Crippen molar-refractivity contribution >= 4 is 16.5 Å². The van der Waals surface area contributed by atoms with Gasteiger partial charge in [-0.2, -0.15) is 0 Å². The van der Waals surface area contributed by atoms with Crippen LogP contribution in [0.4, 0.5) is 5.13 Å². The number of hydrogen-bond donors (Lipinski definition) is 1. The molecule has 1 aliphatic rings. The summed E-state index contributed by atoms with van der Waals surface area (Å²) in [7, 11) is 0. The summed E-state index contributed by atoms with van der Waals surface area (Å²) in [5.41, 5.74) is 8.58. The van der Waals surface area contributed by atoms with Gasteiger partial charge in [-0.25, -0.2) is 4.98 Å². The Labute approximate surface area is 130 Å². The second-order valence-electron chi connectivity index (χ2n) is 6.01. The van der Waals surface area contributed by atoms with Gasteiger partial charge in [0.15, 0.2) is 5.13 Å². The molecule has 4 heteroatoms. The zero-order valence-corrected chi connectivity index (χ0v) is 13.4. The summed E-state index contributed by atoms with van der Waals surface area (Å²) in [6.07, 6.45) is 3.36. The van der Waals surface area contributed by atoms with Crippen molar-refractivity contribution in [3.63, 3.8) is 0 Å². The monoisotopic (exact) mass is 301 g/mol. The molecule has 0 amide bonds. The first-order valence-electron chi connectivity index (χ1n) is 7.72. The zero-order chi connectivity index (χ0) is 14.7. The Morgan fingerprint density at radius 3 is 2.71 bits per heavy atom. The molecule has 2 aromatic rings. The number of benzene rings is 1. The van der Waals surface area contributed by atoms with Gasteiger partial charge < -0.3 is 10.6 Å². The number of nitrogens with zero attached hydrogens (tertiary/aromatic N) is 2. The lowest BCUT2D eigenvalue weighted by molar-refractivity contribution is 0.438. The van der Waals surface area contributed by atoms with Gasteiger partial charge in [-0.3, -0.25) is 0 Å². The molecule has 3 rings (SSSR count). The molecule has 0 bridgehead atoms. The summed E-state index contributed by atoms with van der Waals surface area (Å²) in [6, 6.07) is 10.3. The van der Waals surface area contributed by atoms with E-state index in [0.717, 1.165) is 36.3 Å². The maximum Gasteiger partial charge on any atom is 0.185 e. The highest BCUT2D eigenvalue weighted by Crippen LogP contribution is 2.27. The summed E-state index contributed by atoms with van der Waals surface area (Å²) in [5, 5.41) is 3.33. The first-order chi connectivity index (χ1) is 10.2. The van der Waals surface area contributed by atoms with Crippen molar-refractivity contribution in [3.8, 4) is 0 Å². The van der Waals surface area contributed by atoms with E-state index in [0.29, 0.717) is 0 Å². The molecule has 2 heterocycles. The molecule has 0 radical (unpaired) electrons. The molecule has 3 nitrogen and oxygen atoms in total. The Kier molecular flexibility index (Phi) is 4.56. The van der Waals surface area contributed by atoms with Gasteiger partial charge in [0, 0.05) is 30.9 Å². The second kappa shape index (κ2) is 6.58. The number of piperidine rings is 1. The van der Waals surface area contributed by atoms with Crippen LogP contribution in [0.25, 0.3) is 0 Å². The number of aromatic nitrogens is 1. The van der Waals surface area contributed by atoms with E-state index < -0.39 is 0 Å². The second-order valence-corrected chi connectivity index (χ2v) is 6.85. The van der Waals surface area contributed by atoms with Gasteiger partial charge in [-0.05, 0) is 24.3 Å². The highest BCUT2D eigenvalue weighted by atomic mass is 32.1. The minimum Gasteiger partial charge on any atom is -0.348 e. The standard InChI is InChI=1S/C17H23N3S/c1-13-7-9-20(10-8-13)17-19-15(12-21-17)11-16(18)14-5-3-2-4-6-14/h2-6,12-13,16H,7-11,18H2,1H3. The third-order valence-electron chi connectivity index (χ3n) is 4.25. The fourth-order valence-corrected chi connectivity index (χ4v) is 3.67. The fraction of sp³-hybridized carbons (Fsp3) is 0.471. The van der Waals surface area contributed by atoms with Crippen molar-refractivity contribution in [2.45, 2.75) is 32.2 Å². The van der Waals surface area contributed by atoms with Gasteiger partial charge in [0.05, 0.1) is 5.69 Å². The lowest BCUT2D eigenvalue weighted by atomic mass is 10.00. The maximum atomic E-state index is 6.28. The molecule has 1 fully saturated rings. The van der Waals surface area contributed by atoms with Crippen LogP contribution in [0.5, 0.6) is 0 Å². The van der Waals surface area contributed by atoms with Crippen LogP contribution in [0.1, 0.15) is 37.1 Å². The van der Waals surface area contributed by atoms with E-state index in [1.807, 2.05) is 18.2 Å². The van der Waals surface area contributed by atoms with Gasteiger partial charge >= 0.3 is 0 Å². The quantitative estimate of drug-likeness (QED) is 0.938. The van der Waals surface area contributed by atoms with Gasteiger partial charge in [-0.1, -0.05) is 37.3 Å². The molecule has 1 saturated heterocycles. The van der Waals surface area contributed by atoms with Crippen LogP contribution in [0.15, 0.2) is 35.7 Å². The van der Waals surface area contributed by atoms with Gasteiger partial charge in [0.2, 0.25) is 0 Å². The maximum absolute atomic E-state index is 6.28. The van der Waals surface area contributed by atoms with Crippen LogP contribution in [-0.4, -0.2) is 18.1 Å². The average molecular weight is 301 g/mol. The lowest BCUT2D eigenvalue weighted by Crippen LogP contribution is -2.32. The smallest absolute Gasteiger partial charge is 0.185 e. The summed E-state index contributed by atoms with van der Waals surface area (Å²) in [5.74, 6) is 0.854. The number of anilines is 1. The van der Waals surface area contributed by atoms with E-state index in [2.05, 4.69) is 29.3 Å². The Morgan fingerprint density at radius 2 is 2.00 bits per heavy atom. The highest BCUT2D eigenvalue weighted by molar-refractivity contribution is 7.13. The molecule has 112 valence electrons. The topological polar surface area (TPSA) is 42.2 Å². The largest absolute Gasteiger partial charge is 0.348 e. The van der Waals surface area contributed by atoms with E-state index in [-0.39, 0.29) is 6.04 Å². The molecule has 0 saturated carbocycles. The Bertz CT molecular complexity index is 558. The molecule has 1 aromatic heterocycles. The predicted octanol–water partition coefficient (Wildman–Crippen LogP) is 3.62. The van der Waals surface area contributed by atoms with Gasteiger partial charge in [0.1, 0.15) is 0 Å². The highest BCUT2D eigenvalue weighted by Gasteiger charge is 2.19. The van der Waals surface area contributed by atoms with Crippen molar-refractivity contribution in [1.29, 1.82) is 0 Å². The predicted molar refractivity (Wildman–Crippen MR) is 89.8 cm³/mol. The van der Waals surface area contributed by atoms with Crippen LogP contribution in [0.3, 0.4) is 0 Å². The van der Waals surface area contributed by atoms with Crippen molar-refractivity contribution in [3.05, 3.63) is 47.0 Å². The van der Waals surface area contributed by atoms with Crippen LogP contribution in [0.2, 0.25) is 0 Å². The summed E-state index contributed by atoms with van der Waals surface area (Å²) >= 11 is 1.75. The molecule has 0 aliphatic carbocycles. The van der Waals surface area contributed by atoms with Crippen LogP contribution in [0, 0.1) is 5.92 Å². The average Bonchev–Trinajstić information content (AvgIpc) is 2.97. The molecular formula is C17H23N3S. The third-order valence-corrected chi connectivity index (χ3v) is 5.20. The molecular weight excluding hydrogens is 278 g/mol. The SMILES string of the molecule is CC1CCN(c2nc(CC(N)c3ccccc3)cs2)CC1. The first kappa shape index (κ1) is 14.5. The van der Waals surface area contributed by atoms with Crippen molar-refractivity contribution in [1.82, 2.24) is 4.98 Å². The van der Waals surface area contributed by atoms with E-state index in [4.69, 9.17) is 10.7 Å². The molecule has 21 heavy (non-hydrogen) atoms. The number of thiazole rings is 1. The molecule has 1 aromatic carbocycles. The van der Waals surface area contributed by atoms with Crippen molar-refractivity contribution in [2.24, 2.45) is 11.7 Å². The van der Waals surface area contributed by atoms with Crippen molar-refractivity contribution < 1.29 is 0 Å². The third kappa shape index (κ3) is 3.63. The first-order valence-corrected chi connectivity index (χ1v) is 8.60. The van der Waals surface area contributed by atoms with Crippen LogP contribution >= 0.6 is 11.3 Å². The number of rotatable bonds is 4. The molecule has 1 aliphatic heterocycles. The summed E-state index contributed by atoms with van der Waals surface area (Å²) < 4.78 is 0. The minimum absolute atomic E-state index is 0.0301. The van der Waals surface area contributed by atoms with E-state index in [1.54, 1.807) is 11.3 Å². The van der Waals surface area contributed by atoms with Gasteiger partial charge in [0.25, 0.3) is 0 Å². The lowest BCUT2D eigenvalue weighted by Gasteiger charge is -2.29. The van der Waals surface area contributed by atoms with E-state index in [1.165, 1.54) is 18.4 Å². The van der Waals surface area contributed by atoms with Gasteiger partial charge in [-0.15, -0.1) is 11.3 Å². The van der Waals surface area contributed by atoms with Crippen LogP contribution in [-0.2, 0) is 6.42 Å². The van der Waals surface area contributed by atoms with Crippen LogP contribution < -0.4 is 10.6 Å². The van der Waals surface area contributed by atoms with E-state index >= 15 is 0 Å². The Morgan fingerprint density at radius 1 is 1.29 bits per heavy atom. The zero-order valence-electron chi connectivity index (χ0n) is 12.5. The molecule has 1 unspecified atom stereocenters. The Hall–Kier alpha value is -1.39. The normalized spacial score (nSPS) is 17.9. The molecule has 2 N–H and O–H groups in total. The molecule has 0 spiro atoms.